The second-order valence-electron chi connectivity index (χ2n) is 8.18. The summed E-state index contributed by atoms with van der Waals surface area (Å²) < 4.78 is 36.8. The van der Waals surface area contributed by atoms with Crippen molar-refractivity contribution in [2.24, 2.45) is 0 Å². The molecule has 0 spiro atoms. The van der Waals surface area contributed by atoms with Gasteiger partial charge in [-0.3, -0.25) is 14.5 Å². The number of carbonyl (C=O) groups excluding carboxylic acids is 1. The van der Waals surface area contributed by atoms with E-state index in [1.165, 1.54) is 0 Å². The van der Waals surface area contributed by atoms with E-state index in [1.54, 1.807) is 18.2 Å². The molecule has 1 N–H and O–H groups in total. The van der Waals surface area contributed by atoms with E-state index in [4.69, 9.17) is 9.47 Å². The Balaban J connectivity index is 1.40. The zero-order chi connectivity index (χ0) is 22.3. The Labute approximate surface area is 186 Å². The van der Waals surface area contributed by atoms with Crippen LogP contribution in [0.3, 0.4) is 0 Å². The number of carbonyl (C=O) groups is 1. The Kier molecular flexibility index (Phi) is 4.89. The third-order valence-corrected chi connectivity index (χ3v) is 6.45. The van der Waals surface area contributed by atoms with Gasteiger partial charge in [-0.05, 0) is 48.7 Å². The summed E-state index contributed by atoms with van der Waals surface area (Å²) in [6, 6.07) is 18.2. The Morgan fingerprint density at radius 3 is 2.59 bits per heavy atom. The molecule has 1 saturated carbocycles. The normalized spacial score (nSPS) is 15.9. The number of hydrogen-bond acceptors (Lipinski definition) is 6. The SMILES string of the molecule is CS(=O)(=O)Nc1ccccc1-c1cccc(CC(=O)C2(c3ccc4c(c3)OCO4)CC2)n1. The quantitative estimate of drug-likeness (QED) is 0.590. The molecule has 0 amide bonds. The van der Waals surface area contributed by atoms with Crippen molar-refractivity contribution < 1.29 is 22.7 Å². The van der Waals surface area contributed by atoms with Gasteiger partial charge in [0.05, 0.1) is 23.1 Å². The molecule has 32 heavy (non-hydrogen) atoms. The molecular weight excluding hydrogens is 428 g/mol. The standard InChI is InChI=1S/C24H22N2O5S/c1-32(28,29)26-20-7-3-2-6-18(20)19-8-4-5-17(25-19)14-23(27)24(11-12-24)16-9-10-21-22(13-16)31-15-30-21/h2-10,13,26H,11-12,14-15H2,1H3. The number of anilines is 1. The largest absolute Gasteiger partial charge is 0.454 e. The maximum Gasteiger partial charge on any atom is 0.231 e. The van der Waals surface area contributed by atoms with E-state index >= 15 is 0 Å². The van der Waals surface area contributed by atoms with Gasteiger partial charge in [0.1, 0.15) is 5.78 Å². The molecular formula is C24H22N2O5S. The van der Waals surface area contributed by atoms with Crippen LogP contribution in [0.2, 0.25) is 0 Å². The van der Waals surface area contributed by atoms with Crippen LogP contribution in [0.15, 0.2) is 60.7 Å². The first-order valence-electron chi connectivity index (χ1n) is 10.3. The summed E-state index contributed by atoms with van der Waals surface area (Å²) in [5.74, 6) is 1.49. The topological polar surface area (TPSA) is 94.6 Å². The molecule has 0 unspecified atom stereocenters. The van der Waals surface area contributed by atoms with Crippen LogP contribution in [-0.4, -0.2) is 32.2 Å². The predicted octanol–water partition coefficient (Wildman–Crippen LogP) is 3.69. The van der Waals surface area contributed by atoms with Crippen LogP contribution in [0.4, 0.5) is 5.69 Å². The molecule has 164 valence electrons. The lowest BCUT2D eigenvalue weighted by Crippen LogP contribution is -2.23. The van der Waals surface area contributed by atoms with Crippen LogP contribution < -0.4 is 14.2 Å². The maximum atomic E-state index is 13.3. The van der Waals surface area contributed by atoms with Gasteiger partial charge in [-0.15, -0.1) is 0 Å². The van der Waals surface area contributed by atoms with Crippen LogP contribution in [0.25, 0.3) is 11.3 Å². The molecule has 0 radical (unpaired) electrons. The number of rotatable bonds is 7. The van der Waals surface area contributed by atoms with Gasteiger partial charge in [0.15, 0.2) is 11.5 Å². The highest BCUT2D eigenvalue weighted by atomic mass is 32.2. The highest BCUT2D eigenvalue weighted by molar-refractivity contribution is 7.92. The Hall–Kier alpha value is -3.39. The fourth-order valence-corrected chi connectivity index (χ4v) is 4.68. The summed E-state index contributed by atoms with van der Waals surface area (Å²) in [5.41, 5.74) is 2.80. The van der Waals surface area contributed by atoms with Gasteiger partial charge < -0.3 is 9.47 Å². The number of sulfonamides is 1. The summed E-state index contributed by atoms with van der Waals surface area (Å²) in [5, 5.41) is 0. The number of ketones is 1. The van der Waals surface area contributed by atoms with Crippen molar-refractivity contribution in [3.8, 4) is 22.8 Å². The third-order valence-electron chi connectivity index (χ3n) is 5.86. The summed E-state index contributed by atoms with van der Waals surface area (Å²) in [6.45, 7) is 0.201. The Morgan fingerprint density at radius 1 is 1.03 bits per heavy atom. The molecule has 5 rings (SSSR count). The van der Waals surface area contributed by atoms with E-state index in [9.17, 15) is 13.2 Å². The molecule has 1 aliphatic carbocycles. The van der Waals surface area contributed by atoms with Crippen LogP contribution in [0.1, 0.15) is 24.1 Å². The zero-order valence-electron chi connectivity index (χ0n) is 17.5. The van der Waals surface area contributed by atoms with Gasteiger partial charge in [0.25, 0.3) is 0 Å². The van der Waals surface area contributed by atoms with Crippen molar-refractivity contribution in [3.05, 3.63) is 71.9 Å². The number of ether oxygens (including phenoxy) is 2. The van der Waals surface area contributed by atoms with E-state index < -0.39 is 15.4 Å². The van der Waals surface area contributed by atoms with Crippen LogP contribution in [0.5, 0.6) is 11.5 Å². The molecule has 8 heteroatoms. The molecule has 7 nitrogen and oxygen atoms in total. The number of fused-ring (bicyclic) bond motifs is 1. The minimum Gasteiger partial charge on any atom is -0.454 e. The number of para-hydroxylation sites is 1. The first kappa shape index (κ1) is 20.5. The van der Waals surface area contributed by atoms with Crippen LogP contribution in [0, 0.1) is 0 Å². The summed E-state index contributed by atoms with van der Waals surface area (Å²) in [7, 11) is -3.43. The van der Waals surface area contributed by atoms with Gasteiger partial charge in [0, 0.05) is 17.7 Å². The second kappa shape index (κ2) is 7.63. The van der Waals surface area contributed by atoms with Crippen molar-refractivity contribution in [1.29, 1.82) is 0 Å². The molecule has 2 heterocycles. The summed E-state index contributed by atoms with van der Waals surface area (Å²) in [6.07, 6.45) is 2.90. The van der Waals surface area contributed by atoms with Gasteiger partial charge in [-0.2, -0.15) is 0 Å². The summed E-state index contributed by atoms with van der Waals surface area (Å²) >= 11 is 0. The average molecular weight is 451 g/mol. The second-order valence-corrected chi connectivity index (χ2v) is 9.93. The molecule has 1 fully saturated rings. The fraction of sp³-hybridized carbons (Fsp3) is 0.250. The van der Waals surface area contributed by atoms with Crippen LogP contribution >= 0.6 is 0 Å². The van der Waals surface area contributed by atoms with Crippen LogP contribution in [-0.2, 0) is 26.7 Å². The van der Waals surface area contributed by atoms with Gasteiger partial charge in [-0.25, -0.2) is 8.42 Å². The lowest BCUT2D eigenvalue weighted by molar-refractivity contribution is -0.120. The molecule has 0 atom stereocenters. The van der Waals surface area contributed by atoms with E-state index in [-0.39, 0.29) is 19.0 Å². The highest BCUT2D eigenvalue weighted by Crippen LogP contribution is 2.51. The molecule has 3 aromatic rings. The highest BCUT2D eigenvalue weighted by Gasteiger charge is 2.51. The number of Topliss-reactive ketones (excluding diaryl/α,β-unsaturated/α-hetero) is 1. The molecule has 0 bridgehead atoms. The first-order chi connectivity index (χ1) is 15.3. The minimum atomic E-state index is -3.43. The number of pyridine rings is 1. The number of hydrogen-bond donors (Lipinski definition) is 1. The van der Waals surface area contributed by atoms with Gasteiger partial charge in [-0.1, -0.05) is 30.3 Å². The molecule has 1 aliphatic heterocycles. The van der Waals surface area contributed by atoms with Crippen molar-refractivity contribution >= 4 is 21.5 Å². The zero-order valence-corrected chi connectivity index (χ0v) is 18.3. The smallest absolute Gasteiger partial charge is 0.231 e. The van der Waals surface area contributed by atoms with Crippen molar-refractivity contribution in [1.82, 2.24) is 4.98 Å². The number of aromatic nitrogens is 1. The fourth-order valence-electron chi connectivity index (χ4n) is 4.10. The monoisotopic (exact) mass is 450 g/mol. The Morgan fingerprint density at radius 2 is 1.81 bits per heavy atom. The number of benzene rings is 2. The predicted molar refractivity (Wildman–Crippen MR) is 120 cm³/mol. The lowest BCUT2D eigenvalue weighted by atomic mass is 9.88. The van der Waals surface area contributed by atoms with Gasteiger partial charge in [0.2, 0.25) is 16.8 Å². The first-order valence-corrected chi connectivity index (χ1v) is 12.2. The number of nitrogens with zero attached hydrogens (tertiary/aromatic N) is 1. The van der Waals surface area contributed by atoms with Crippen molar-refractivity contribution in [2.75, 3.05) is 17.8 Å². The Bertz CT molecular complexity index is 1320. The van der Waals surface area contributed by atoms with E-state index in [0.29, 0.717) is 34.1 Å². The average Bonchev–Trinajstić information content (AvgIpc) is 3.44. The lowest BCUT2D eigenvalue weighted by Gasteiger charge is -2.15. The minimum absolute atomic E-state index is 0.114. The molecule has 0 saturated heterocycles. The number of nitrogens with one attached hydrogen (secondary N) is 1. The molecule has 2 aromatic carbocycles. The van der Waals surface area contributed by atoms with E-state index in [2.05, 4.69) is 9.71 Å². The molecule has 1 aromatic heterocycles. The van der Waals surface area contributed by atoms with Gasteiger partial charge >= 0.3 is 0 Å². The molecule has 2 aliphatic rings. The van der Waals surface area contributed by atoms with E-state index in [1.807, 2.05) is 42.5 Å². The third kappa shape index (κ3) is 3.93. The van der Waals surface area contributed by atoms with Crippen molar-refractivity contribution in [2.45, 2.75) is 24.7 Å². The summed E-state index contributed by atoms with van der Waals surface area (Å²) in [4.78, 5) is 18.0. The maximum absolute atomic E-state index is 13.3. The van der Waals surface area contributed by atoms with E-state index in [0.717, 1.165) is 24.7 Å². The van der Waals surface area contributed by atoms with Crippen molar-refractivity contribution in [3.63, 3.8) is 0 Å².